The molecule has 1 aliphatic heterocycles. The van der Waals surface area contributed by atoms with Gasteiger partial charge in [-0.25, -0.2) is 0 Å². The largest absolute Gasteiger partial charge is 0.383 e. The fourth-order valence-corrected chi connectivity index (χ4v) is 2.10. The fourth-order valence-electron chi connectivity index (χ4n) is 2.10. The van der Waals surface area contributed by atoms with Crippen LogP contribution in [0.1, 0.15) is 12.8 Å². The lowest BCUT2D eigenvalue weighted by atomic mass is 9.99. The Kier molecular flexibility index (Phi) is 7.19. The van der Waals surface area contributed by atoms with Gasteiger partial charge in [-0.15, -0.1) is 0 Å². The molecule has 1 amide bonds. The van der Waals surface area contributed by atoms with E-state index in [1.54, 1.807) is 14.2 Å². The molecule has 0 aliphatic carbocycles. The number of hydrogen-bond acceptors (Lipinski definition) is 5. The van der Waals surface area contributed by atoms with Crippen LogP contribution in [0.25, 0.3) is 0 Å². The van der Waals surface area contributed by atoms with Gasteiger partial charge in [0, 0.05) is 20.8 Å². The molecule has 0 aromatic heterocycles. The highest BCUT2D eigenvalue weighted by Crippen LogP contribution is 2.18. The van der Waals surface area contributed by atoms with Gasteiger partial charge in [-0.2, -0.15) is 0 Å². The van der Waals surface area contributed by atoms with Gasteiger partial charge in [0.1, 0.15) is 6.61 Å². The van der Waals surface area contributed by atoms with E-state index in [-0.39, 0.29) is 18.1 Å². The number of hydrogen-bond donors (Lipinski definition) is 2. The Bertz CT molecular complexity index is 242. The first kappa shape index (κ1) is 15.4. The Morgan fingerprint density at radius 2 is 2.17 bits per heavy atom. The number of ether oxygens (including phenoxy) is 3. The lowest BCUT2D eigenvalue weighted by molar-refractivity contribution is -0.126. The van der Waals surface area contributed by atoms with Crippen molar-refractivity contribution in [1.29, 1.82) is 0 Å². The summed E-state index contributed by atoms with van der Waals surface area (Å²) < 4.78 is 15.2. The molecule has 1 fully saturated rings. The highest BCUT2D eigenvalue weighted by molar-refractivity contribution is 5.77. The second kappa shape index (κ2) is 8.42. The molecule has 1 rings (SSSR count). The van der Waals surface area contributed by atoms with E-state index in [2.05, 4.69) is 10.6 Å². The van der Waals surface area contributed by atoms with Gasteiger partial charge in [0.05, 0.1) is 25.4 Å². The van der Waals surface area contributed by atoms with Gasteiger partial charge in [-0.05, 0) is 19.4 Å². The number of nitrogens with one attached hydrogen (secondary N) is 2. The fraction of sp³-hybridized carbons (Fsp3) is 0.917. The first-order valence-electron chi connectivity index (χ1n) is 6.30. The van der Waals surface area contributed by atoms with E-state index in [4.69, 9.17) is 14.2 Å². The minimum Gasteiger partial charge on any atom is -0.383 e. The second-order valence-electron chi connectivity index (χ2n) is 4.57. The van der Waals surface area contributed by atoms with Crippen LogP contribution in [0.5, 0.6) is 0 Å². The molecular weight excluding hydrogens is 236 g/mol. The molecule has 1 heterocycles. The molecule has 106 valence electrons. The van der Waals surface area contributed by atoms with E-state index >= 15 is 0 Å². The zero-order chi connectivity index (χ0) is 13.3. The molecule has 18 heavy (non-hydrogen) atoms. The predicted octanol–water partition coefficient (Wildman–Crippen LogP) is -0.466. The third-order valence-corrected chi connectivity index (χ3v) is 3.04. The molecule has 6 heteroatoms. The molecule has 0 saturated carbocycles. The number of amides is 1. The highest BCUT2D eigenvalue weighted by Gasteiger charge is 2.33. The van der Waals surface area contributed by atoms with Crippen molar-refractivity contribution in [3.05, 3.63) is 0 Å². The molecule has 0 spiro atoms. The van der Waals surface area contributed by atoms with Crippen molar-refractivity contribution in [2.75, 3.05) is 53.7 Å². The van der Waals surface area contributed by atoms with Gasteiger partial charge in [0.15, 0.2) is 0 Å². The molecule has 1 unspecified atom stereocenters. The van der Waals surface area contributed by atoms with E-state index in [0.29, 0.717) is 26.4 Å². The topological polar surface area (TPSA) is 68.8 Å². The van der Waals surface area contributed by atoms with Gasteiger partial charge in [-0.3, -0.25) is 4.79 Å². The molecule has 0 bridgehead atoms. The summed E-state index contributed by atoms with van der Waals surface area (Å²) in [6, 6.07) is 0. The Morgan fingerprint density at radius 1 is 1.33 bits per heavy atom. The first-order valence-corrected chi connectivity index (χ1v) is 6.30. The Morgan fingerprint density at radius 3 is 2.78 bits per heavy atom. The van der Waals surface area contributed by atoms with Crippen LogP contribution in [0.4, 0.5) is 0 Å². The van der Waals surface area contributed by atoms with Crippen LogP contribution in [0.3, 0.4) is 0 Å². The first-order chi connectivity index (χ1) is 8.72. The SMILES string of the molecule is COCCOCC(=O)NCC1(COC)CCCN1. The van der Waals surface area contributed by atoms with E-state index in [9.17, 15) is 4.79 Å². The maximum Gasteiger partial charge on any atom is 0.246 e. The van der Waals surface area contributed by atoms with E-state index in [0.717, 1.165) is 19.4 Å². The van der Waals surface area contributed by atoms with Crippen molar-refractivity contribution in [2.45, 2.75) is 18.4 Å². The van der Waals surface area contributed by atoms with Crippen LogP contribution in [0.2, 0.25) is 0 Å². The summed E-state index contributed by atoms with van der Waals surface area (Å²) in [5.74, 6) is -0.102. The third-order valence-electron chi connectivity index (χ3n) is 3.04. The monoisotopic (exact) mass is 260 g/mol. The standard InChI is InChI=1S/C12H24N2O4/c1-16-6-7-18-8-11(15)13-9-12(10-17-2)4-3-5-14-12/h14H,3-10H2,1-2H3,(H,13,15). The zero-order valence-electron chi connectivity index (χ0n) is 11.3. The van der Waals surface area contributed by atoms with E-state index in [1.165, 1.54) is 0 Å². The highest BCUT2D eigenvalue weighted by atomic mass is 16.5. The molecule has 0 aromatic rings. The molecule has 0 radical (unpaired) electrons. The Balaban J connectivity index is 2.19. The minimum atomic E-state index is -0.114. The summed E-state index contributed by atoms with van der Waals surface area (Å²) in [6.07, 6.45) is 2.13. The maximum atomic E-state index is 11.6. The van der Waals surface area contributed by atoms with E-state index in [1.807, 2.05) is 0 Å². The second-order valence-corrected chi connectivity index (χ2v) is 4.57. The lowest BCUT2D eigenvalue weighted by Crippen LogP contribution is -2.53. The number of carbonyl (C=O) groups is 1. The third kappa shape index (κ3) is 5.30. The predicted molar refractivity (Wildman–Crippen MR) is 67.5 cm³/mol. The van der Waals surface area contributed by atoms with Gasteiger partial charge in [-0.1, -0.05) is 0 Å². The number of carbonyl (C=O) groups excluding carboxylic acids is 1. The Labute approximate surface area is 108 Å². The quantitative estimate of drug-likeness (QED) is 0.549. The van der Waals surface area contributed by atoms with Crippen LogP contribution in [0.15, 0.2) is 0 Å². The molecule has 1 atom stereocenters. The van der Waals surface area contributed by atoms with Crippen LogP contribution in [-0.4, -0.2) is 65.2 Å². The summed E-state index contributed by atoms with van der Waals surface area (Å²) in [7, 11) is 3.28. The zero-order valence-corrected chi connectivity index (χ0v) is 11.3. The van der Waals surface area contributed by atoms with Crippen molar-refractivity contribution in [1.82, 2.24) is 10.6 Å². The molecular formula is C12H24N2O4. The van der Waals surface area contributed by atoms with Crippen LogP contribution < -0.4 is 10.6 Å². The number of rotatable bonds is 9. The van der Waals surface area contributed by atoms with Gasteiger partial charge in [0.2, 0.25) is 5.91 Å². The summed E-state index contributed by atoms with van der Waals surface area (Å²) >= 11 is 0. The van der Waals surface area contributed by atoms with Gasteiger partial charge >= 0.3 is 0 Å². The average Bonchev–Trinajstić information content (AvgIpc) is 2.82. The molecule has 0 aromatic carbocycles. The minimum absolute atomic E-state index is 0.0758. The summed E-state index contributed by atoms with van der Waals surface area (Å²) in [5, 5.41) is 6.28. The van der Waals surface area contributed by atoms with Crippen molar-refractivity contribution in [3.8, 4) is 0 Å². The summed E-state index contributed by atoms with van der Waals surface area (Å²) in [5.41, 5.74) is -0.114. The maximum absolute atomic E-state index is 11.6. The summed E-state index contributed by atoms with van der Waals surface area (Å²) in [6.45, 7) is 3.18. The van der Waals surface area contributed by atoms with Crippen LogP contribution >= 0.6 is 0 Å². The lowest BCUT2D eigenvalue weighted by Gasteiger charge is -2.28. The smallest absolute Gasteiger partial charge is 0.246 e. The van der Waals surface area contributed by atoms with E-state index < -0.39 is 0 Å². The van der Waals surface area contributed by atoms with Gasteiger partial charge in [0.25, 0.3) is 0 Å². The summed E-state index contributed by atoms with van der Waals surface area (Å²) in [4.78, 5) is 11.6. The van der Waals surface area contributed by atoms with Crippen LogP contribution in [-0.2, 0) is 19.0 Å². The van der Waals surface area contributed by atoms with Crippen molar-refractivity contribution < 1.29 is 19.0 Å². The van der Waals surface area contributed by atoms with Gasteiger partial charge < -0.3 is 24.8 Å². The average molecular weight is 260 g/mol. The van der Waals surface area contributed by atoms with Crippen LogP contribution in [0, 0.1) is 0 Å². The molecule has 2 N–H and O–H groups in total. The van der Waals surface area contributed by atoms with Crippen molar-refractivity contribution in [2.24, 2.45) is 0 Å². The Hall–Kier alpha value is -0.690. The normalized spacial score (nSPS) is 23.2. The van der Waals surface area contributed by atoms with Crippen molar-refractivity contribution in [3.63, 3.8) is 0 Å². The molecule has 1 aliphatic rings. The molecule has 6 nitrogen and oxygen atoms in total. The van der Waals surface area contributed by atoms with Crippen molar-refractivity contribution >= 4 is 5.91 Å². The molecule has 1 saturated heterocycles. The number of methoxy groups -OCH3 is 2.